The van der Waals surface area contributed by atoms with Crippen LogP contribution in [0.1, 0.15) is 10.4 Å². The Kier molecular flexibility index (Phi) is 6.21. The van der Waals surface area contributed by atoms with Crippen molar-refractivity contribution in [2.75, 3.05) is 44.3 Å². The monoisotopic (exact) mass is 409 g/mol. The van der Waals surface area contributed by atoms with Gasteiger partial charge in [-0.1, -0.05) is 12.1 Å². The number of hydrogen-bond donors (Lipinski definition) is 2. The summed E-state index contributed by atoms with van der Waals surface area (Å²) in [4.78, 5) is 22.4. The summed E-state index contributed by atoms with van der Waals surface area (Å²) >= 11 is 0. The van der Waals surface area contributed by atoms with Crippen molar-refractivity contribution < 1.29 is 19.0 Å². The minimum Gasteiger partial charge on any atom is -0.497 e. The van der Waals surface area contributed by atoms with Crippen LogP contribution in [-0.2, 0) is 4.74 Å². The van der Waals surface area contributed by atoms with Crippen molar-refractivity contribution in [3.8, 4) is 11.5 Å². The van der Waals surface area contributed by atoms with Gasteiger partial charge in [0.2, 0.25) is 0 Å². The second kappa shape index (κ2) is 8.99. The van der Waals surface area contributed by atoms with E-state index in [1.807, 2.05) is 6.07 Å². The molecule has 0 amide bonds. The maximum Gasteiger partial charge on any atom is 0.339 e. The van der Waals surface area contributed by atoms with Crippen LogP contribution in [0.2, 0.25) is 0 Å². The average molecular weight is 409 g/mol. The summed E-state index contributed by atoms with van der Waals surface area (Å²) < 4.78 is 15.5. The van der Waals surface area contributed by atoms with Gasteiger partial charge in [-0.25, -0.2) is 14.8 Å². The van der Waals surface area contributed by atoms with E-state index in [1.54, 1.807) is 62.6 Å². The number of rotatable bonds is 7. The lowest BCUT2D eigenvalue weighted by molar-refractivity contribution is 0.0601. The molecule has 2 aromatic carbocycles. The molecule has 0 aliphatic carbocycles. The number of methoxy groups -OCH3 is 3. The number of nitrogens with two attached hydrogens (primary N) is 1. The van der Waals surface area contributed by atoms with Gasteiger partial charge in [-0.05, 0) is 24.3 Å². The van der Waals surface area contributed by atoms with Crippen LogP contribution >= 0.6 is 0 Å². The first-order valence-corrected chi connectivity index (χ1v) is 9.00. The highest BCUT2D eigenvalue weighted by Gasteiger charge is 2.20. The Morgan fingerprint density at radius 1 is 1.07 bits per heavy atom. The quantitative estimate of drug-likeness (QED) is 0.567. The third kappa shape index (κ3) is 4.04. The van der Waals surface area contributed by atoms with E-state index >= 15 is 0 Å². The number of ether oxygens (including phenoxy) is 3. The number of esters is 1. The molecule has 0 bridgehead atoms. The van der Waals surface area contributed by atoms with E-state index in [0.717, 1.165) is 0 Å². The van der Waals surface area contributed by atoms with Crippen LogP contribution in [0.15, 0.2) is 48.8 Å². The molecule has 0 spiro atoms. The van der Waals surface area contributed by atoms with Crippen molar-refractivity contribution in [3.05, 3.63) is 54.4 Å². The zero-order chi connectivity index (χ0) is 21.7. The summed E-state index contributed by atoms with van der Waals surface area (Å²) in [6.07, 6.45) is 1.39. The maximum atomic E-state index is 12.1. The Balaban J connectivity index is 1.98. The van der Waals surface area contributed by atoms with E-state index < -0.39 is 5.97 Å². The molecule has 0 saturated carbocycles. The van der Waals surface area contributed by atoms with Gasteiger partial charge in [0.25, 0.3) is 0 Å². The summed E-state index contributed by atoms with van der Waals surface area (Å²) in [5, 5.41) is 3.16. The molecule has 9 nitrogen and oxygen atoms in total. The largest absolute Gasteiger partial charge is 0.497 e. The van der Waals surface area contributed by atoms with Crippen LogP contribution < -0.4 is 25.4 Å². The van der Waals surface area contributed by atoms with Crippen molar-refractivity contribution in [2.24, 2.45) is 0 Å². The molecule has 1 heterocycles. The molecule has 0 atom stereocenters. The summed E-state index contributed by atoms with van der Waals surface area (Å²) in [6, 6.07) is 12.4. The lowest BCUT2D eigenvalue weighted by Gasteiger charge is -2.23. The Hall–Kier alpha value is -4.01. The topological polar surface area (TPSA) is 112 Å². The number of anilines is 5. The number of hydrogen-bond acceptors (Lipinski definition) is 9. The number of benzene rings is 2. The van der Waals surface area contributed by atoms with Gasteiger partial charge in [-0.2, -0.15) is 0 Å². The average Bonchev–Trinajstić information content (AvgIpc) is 2.79. The van der Waals surface area contributed by atoms with Gasteiger partial charge >= 0.3 is 5.97 Å². The smallest absolute Gasteiger partial charge is 0.339 e. The first-order chi connectivity index (χ1) is 14.5. The molecular formula is C21H23N5O4. The zero-order valence-corrected chi connectivity index (χ0v) is 17.2. The Morgan fingerprint density at radius 2 is 1.83 bits per heavy atom. The van der Waals surface area contributed by atoms with E-state index in [2.05, 4.69) is 15.3 Å². The van der Waals surface area contributed by atoms with Crippen LogP contribution in [0.4, 0.5) is 28.7 Å². The molecule has 0 radical (unpaired) electrons. The Labute approximate surface area is 174 Å². The highest BCUT2D eigenvalue weighted by molar-refractivity contribution is 5.97. The summed E-state index contributed by atoms with van der Waals surface area (Å²) in [6.45, 7) is 0. The molecule has 0 aliphatic rings. The Bertz CT molecular complexity index is 1060. The third-order valence-electron chi connectivity index (χ3n) is 4.51. The fourth-order valence-electron chi connectivity index (χ4n) is 2.95. The number of nitrogens with zero attached hydrogens (tertiary/aromatic N) is 3. The van der Waals surface area contributed by atoms with E-state index in [-0.39, 0.29) is 0 Å². The van der Waals surface area contributed by atoms with Crippen molar-refractivity contribution >= 4 is 34.7 Å². The van der Waals surface area contributed by atoms with Crippen molar-refractivity contribution in [2.45, 2.75) is 0 Å². The SMILES string of the molecule is COC(=O)c1ccccc1N(C)c1ncnc(Nc2ccc(OC)cc2OC)c1N. The summed E-state index contributed by atoms with van der Waals surface area (Å²) in [5.41, 5.74) is 8.32. The lowest BCUT2D eigenvalue weighted by atomic mass is 10.1. The second-order valence-corrected chi connectivity index (χ2v) is 6.22. The van der Waals surface area contributed by atoms with Crippen molar-refractivity contribution in [1.82, 2.24) is 9.97 Å². The molecule has 0 fully saturated rings. The predicted molar refractivity (Wildman–Crippen MR) is 115 cm³/mol. The van der Waals surface area contributed by atoms with E-state index in [4.69, 9.17) is 19.9 Å². The molecule has 9 heteroatoms. The van der Waals surface area contributed by atoms with Gasteiger partial charge in [-0.3, -0.25) is 0 Å². The fourth-order valence-corrected chi connectivity index (χ4v) is 2.95. The van der Waals surface area contributed by atoms with Crippen LogP contribution in [0.25, 0.3) is 0 Å². The van der Waals surface area contributed by atoms with Crippen LogP contribution in [0.3, 0.4) is 0 Å². The molecule has 3 aromatic rings. The molecule has 0 unspecified atom stereocenters. The van der Waals surface area contributed by atoms with Gasteiger partial charge in [0, 0.05) is 13.1 Å². The third-order valence-corrected chi connectivity index (χ3v) is 4.51. The first-order valence-electron chi connectivity index (χ1n) is 9.00. The Morgan fingerprint density at radius 3 is 2.53 bits per heavy atom. The zero-order valence-electron chi connectivity index (χ0n) is 17.2. The van der Waals surface area contributed by atoms with E-state index in [0.29, 0.717) is 45.8 Å². The van der Waals surface area contributed by atoms with Gasteiger partial charge in [0.15, 0.2) is 11.6 Å². The minimum absolute atomic E-state index is 0.303. The van der Waals surface area contributed by atoms with Crippen LogP contribution in [0, 0.1) is 0 Å². The van der Waals surface area contributed by atoms with Crippen LogP contribution in [0.5, 0.6) is 11.5 Å². The fraction of sp³-hybridized carbons (Fsp3) is 0.190. The predicted octanol–water partition coefficient (Wildman–Crippen LogP) is 3.37. The number of nitrogen functional groups attached to an aromatic ring is 1. The van der Waals surface area contributed by atoms with Crippen molar-refractivity contribution in [1.29, 1.82) is 0 Å². The van der Waals surface area contributed by atoms with Gasteiger partial charge < -0.3 is 30.2 Å². The molecule has 3 rings (SSSR count). The highest BCUT2D eigenvalue weighted by Crippen LogP contribution is 2.36. The molecule has 30 heavy (non-hydrogen) atoms. The summed E-state index contributed by atoms with van der Waals surface area (Å²) in [7, 11) is 6.24. The molecule has 156 valence electrons. The molecule has 3 N–H and O–H groups in total. The van der Waals surface area contributed by atoms with E-state index in [1.165, 1.54) is 13.4 Å². The second-order valence-electron chi connectivity index (χ2n) is 6.22. The number of carbonyl (C=O) groups excluding carboxylic acids is 1. The molecule has 0 aliphatic heterocycles. The lowest BCUT2D eigenvalue weighted by Crippen LogP contribution is -2.18. The molecular weight excluding hydrogens is 386 g/mol. The van der Waals surface area contributed by atoms with Crippen molar-refractivity contribution in [3.63, 3.8) is 0 Å². The number of aromatic nitrogens is 2. The number of carbonyl (C=O) groups is 1. The van der Waals surface area contributed by atoms with Crippen LogP contribution in [-0.4, -0.2) is 44.3 Å². The number of nitrogens with one attached hydrogen (secondary N) is 1. The first kappa shape index (κ1) is 20.7. The van der Waals surface area contributed by atoms with E-state index in [9.17, 15) is 4.79 Å². The number of para-hydroxylation sites is 1. The van der Waals surface area contributed by atoms with Gasteiger partial charge in [0.05, 0.1) is 38.3 Å². The highest BCUT2D eigenvalue weighted by atomic mass is 16.5. The van der Waals surface area contributed by atoms with Gasteiger partial charge in [0.1, 0.15) is 23.5 Å². The summed E-state index contributed by atoms with van der Waals surface area (Å²) in [5.74, 6) is 1.60. The van der Waals surface area contributed by atoms with Gasteiger partial charge in [-0.15, -0.1) is 0 Å². The maximum absolute atomic E-state index is 12.1. The normalized spacial score (nSPS) is 10.3. The standard InChI is InChI=1S/C21H23N5O4/c1-26(16-8-6-5-7-14(16)21(27)30-4)20-18(22)19(23-12-24-20)25-15-10-9-13(28-2)11-17(15)29-3/h5-12H,22H2,1-4H3,(H,23,24,25). The molecule has 1 aromatic heterocycles. The minimum atomic E-state index is -0.452. The molecule has 0 saturated heterocycles.